The van der Waals surface area contributed by atoms with Gasteiger partial charge in [-0.2, -0.15) is 0 Å². The Labute approximate surface area is 152 Å². The molecule has 0 aliphatic heterocycles. The molecular formula is C17H26O9. The van der Waals surface area contributed by atoms with Crippen molar-refractivity contribution in [2.75, 3.05) is 13.2 Å². The summed E-state index contributed by atoms with van der Waals surface area (Å²) >= 11 is 0. The minimum Gasteiger partial charge on any atom is -0.396 e. The average Bonchev–Trinajstić information content (AvgIpc) is 2.62. The topological polar surface area (TPSA) is 140 Å². The number of carbonyl (C=O) groups excluding carboxylic acids is 3. The molecular weight excluding hydrogens is 348 g/mol. The first-order valence-corrected chi connectivity index (χ1v) is 7.70. The van der Waals surface area contributed by atoms with Gasteiger partial charge in [0.05, 0.1) is 19.1 Å². The highest BCUT2D eigenvalue weighted by atomic mass is 16.9. The summed E-state index contributed by atoms with van der Waals surface area (Å²) in [7, 11) is 0. The number of rotatable bonds is 11. The number of hydrogen-bond acceptors (Lipinski definition) is 9. The van der Waals surface area contributed by atoms with E-state index in [0.29, 0.717) is 6.42 Å². The molecule has 148 valence electrons. The molecule has 1 atom stereocenters. The maximum Gasteiger partial charge on any atom is 0.424 e. The molecule has 0 bridgehead atoms. The Morgan fingerprint density at radius 1 is 0.962 bits per heavy atom. The molecule has 0 amide bonds. The van der Waals surface area contributed by atoms with Gasteiger partial charge in [-0.05, 0) is 12.8 Å². The lowest BCUT2D eigenvalue weighted by atomic mass is 10.3. The van der Waals surface area contributed by atoms with E-state index in [9.17, 15) is 14.4 Å². The third kappa shape index (κ3) is 12.0. The van der Waals surface area contributed by atoms with E-state index in [1.54, 1.807) is 6.92 Å². The molecule has 3 N–H and O–H groups in total. The summed E-state index contributed by atoms with van der Waals surface area (Å²) in [6.07, 6.45) is 2.46. The van der Waals surface area contributed by atoms with Gasteiger partial charge in [-0.15, -0.1) is 0 Å². The molecule has 0 radical (unpaired) electrons. The first-order valence-electron chi connectivity index (χ1n) is 7.70. The molecule has 9 nitrogen and oxygen atoms in total. The number of aliphatic hydroxyl groups is 3. The predicted molar refractivity (Wildman–Crippen MR) is 91.3 cm³/mol. The molecule has 0 saturated heterocycles. The molecule has 0 aromatic carbocycles. The highest BCUT2D eigenvalue weighted by molar-refractivity contribution is 5.85. The highest BCUT2D eigenvalue weighted by Crippen LogP contribution is 2.23. The molecule has 0 rings (SSSR count). The Morgan fingerprint density at radius 3 is 1.54 bits per heavy atom. The van der Waals surface area contributed by atoms with Crippen LogP contribution in [0.1, 0.15) is 26.2 Å². The van der Waals surface area contributed by atoms with Crippen molar-refractivity contribution < 1.29 is 43.9 Å². The molecule has 0 aromatic heterocycles. The van der Waals surface area contributed by atoms with E-state index in [4.69, 9.17) is 29.5 Å². The first-order chi connectivity index (χ1) is 12.2. The van der Waals surface area contributed by atoms with Crippen LogP contribution < -0.4 is 0 Å². The summed E-state index contributed by atoms with van der Waals surface area (Å²) in [6, 6.07) is 0. The van der Waals surface area contributed by atoms with Crippen molar-refractivity contribution in [1.29, 1.82) is 0 Å². The zero-order chi connectivity index (χ0) is 20.6. The van der Waals surface area contributed by atoms with E-state index in [1.807, 2.05) is 0 Å². The van der Waals surface area contributed by atoms with Crippen molar-refractivity contribution in [2.24, 2.45) is 0 Å². The Bertz CT molecular complexity index is 430. The fraction of sp³-hybridized carbons (Fsp3) is 0.471. The predicted octanol–water partition coefficient (Wildman–Crippen LogP) is 0.350. The van der Waals surface area contributed by atoms with E-state index in [1.165, 1.54) is 0 Å². The molecule has 1 unspecified atom stereocenters. The van der Waals surface area contributed by atoms with Crippen LogP contribution in [0.3, 0.4) is 0 Å². The Hall–Kier alpha value is -2.49. The standard InChI is InChI=1S/C13H16O6.C4H10O3/c1-5-9-13(17-10(14)6-2,18-11(15)7-3)19-12(16)8-4;5-2-1-4(7)3-6/h6-8H,2-5,9H2,1H3;4-7H,1-3H2. The van der Waals surface area contributed by atoms with Crippen molar-refractivity contribution in [3.63, 3.8) is 0 Å². The second-order valence-corrected chi connectivity index (χ2v) is 4.66. The van der Waals surface area contributed by atoms with Gasteiger partial charge >= 0.3 is 23.9 Å². The molecule has 0 aromatic rings. The van der Waals surface area contributed by atoms with E-state index in [2.05, 4.69) is 19.7 Å². The lowest BCUT2D eigenvalue weighted by molar-refractivity contribution is -0.327. The molecule has 26 heavy (non-hydrogen) atoms. The Balaban J connectivity index is 0. The molecule has 0 fully saturated rings. The van der Waals surface area contributed by atoms with Crippen molar-refractivity contribution in [3.8, 4) is 0 Å². The Kier molecular flexibility index (Phi) is 14.7. The van der Waals surface area contributed by atoms with Gasteiger partial charge in [0.2, 0.25) is 0 Å². The van der Waals surface area contributed by atoms with Gasteiger partial charge in [0, 0.05) is 24.8 Å². The first kappa shape index (κ1) is 25.7. The number of aliphatic hydroxyl groups excluding tert-OH is 3. The molecule has 0 spiro atoms. The van der Waals surface area contributed by atoms with Crippen LogP contribution in [0.5, 0.6) is 0 Å². The van der Waals surface area contributed by atoms with E-state index >= 15 is 0 Å². The summed E-state index contributed by atoms with van der Waals surface area (Å²) in [5.74, 6) is -4.84. The summed E-state index contributed by atoms with van der Waals surface area (Å²) in [6.45, 7) is 11.0. The van der Waals surface area contributed by atoms with Gasteiger partial charge in [-0.25, -0.2) is 14.4 Å². The van der Waals surface area contributed by atoms with Crippen LogP contribution in [0.25, 0.3) is 0 Å². The molecule has 9 heteroatoms. The number of carbonyl (C=O) groups is 3. The fourth-order valence-corrected chi connectivity index (χ4v) is 1.35. The molecule has 0 heterocycles. The van der Waals surface area contributed by atoms with Gasteiger partial charge in [0.1, 0.15) is 0 Å². The van der Waals surface area contributed by atoms with Gasteiger partial charge in [-0.3, -0.25) is 0 Å². The minimum atomic E-state index is -2.14. The van der Waals surface area contributed by atoms with Crippen molar-refractivity contribution >= 4 is 17.9 Å². The van der Waals surface area contributed by atoms with Gasteiger partial charge in [0.25, 0.3) is 0 Å². The number of esters is 3. The second kappa shape index (κ2) is 14.8. The monoisotopic (exact) mass is 374 g/mol. The maximum atomic E-state index is 11.3. The molecule has 0 saturated carbocycles. The molecule has 0 aliphatic carbocycles. The van der Waals surface area contributed by atoms with Gasteiger partial charge in [0.15, 0.2) is 0 Å². The summed E-state index contributed by atoms with van der Waals surface area (Å²) < 4.78 is 14.5. The van der Waals surface area contributed by atoms with Crippen LogP contribution in [0.2, 0.25) is 0 Å². The largest absolute Gasteiger partial charge is 0.424 e. The summed E-state index contributed by atoms with van der Waals surface area (Å²) in [4.78, 5) is 33.8. The highest BCUT2D eigenvalue weighted by Gasteiger charge is 2.41. The third-order valence-corrected chi connectivity index (χ3v) is 2.50. The number of hydrogen-bond donors (Lipinski definition) is 3. The minimum absolute atomic E-state index is 0.0360. The maximum absolute atomic E-state index is 11.3. The zero-order valence-corrected chi connectivity index (χ0v) is 14.8. The average molecular weight is 374 g/mol. The van der Waals surface area contributed by atoms with Crippen molar-refractivity contribution in [2.45, 2.75) is 38.3 Å². The fourth-order valence-electron chi connectivity index (χ4n) is 1.35. The second-order valence-electron chi connectivity index (χ2n) is 4.66. The van der Waals surface area contributed by atoms with Crippen LogP contribution in [0.15, 0.2) is 38.0 Å². The SMILES string of the molecule is C=CC(=O)OC(CCC)(OC(=O)C=C)OC(=O)C=C.OCCC(O)CO. The van der Waals surface area contributed by atoms with Gasteiger partial charge < -0.3 is 29.5 Å². The Morgan fingerprint density at radius 2 is 1.35 bits per heavy atom. The summed E-state index contributed by atoms with van der Waals surface area (Å²) in [5, 5.41) is 24.6. The van der Waals surface area contributed by atoms with Crippen molar-refractivity contribution in [3.05, 3.63) is 38.0 Å². The van der Waals surface area contributed by atoms with Crippen LogP contribution in [0, 0.1) is 0 Å². The van der Waals surface area contributed by atoms with Crippen LogP contribution in [-0.4, -0.2) is 58.5 Å². The van der Waals surface area contributed by atoms with Crippen LogP contribution in [-0.2, 0) is 28.6 Å². The molecule has 0 aliphatic rings. The third-order valence-electron chi connectivity index (χ3n) is 2.50. The zero-order valence-electron chi connectivity index (χ0n) is 14.8. The van der Waals surface area contributed by atoms with Gasteiger partial charge in [-0.1, -0.05) is 26.7 Å². The lowest BCUT2D eigenvalue weighted by Gasteiger charge is -2.29. The van der Waals surface area contributed by atoms with E-state index < -0.39 is 30.0 Å². The normalized spacial score (nSPS) is 11.1. The van der Waals surface area contributed by atoms with Crippen LogP contribution >= 0.6 is 0 Å². The van der Waals surface area contributed by atoms with E-state index in [0.717, 1.165) is 18.2 Å². The van der Waals surface area contributed by atoms with Crippen LogP contribution in [0.4, 0.5) is 0 Å². The quantitative estimate of drug-likeness (QED) is 0.265. The van der Waals surface area contributed by atoms with Crippen molar-refractivity contribution in [1.82, 2.24) is 0 Å². The lowest BCUT2D eigenvalue weighted by Crippen LogP contribution is -2.43. The summed E-state index contributed by atoms with van der Waals surface area (Å²) in [5.41, 5.74) is 0. The van der Waals surface area contributed by atoms with E-state index in [-0.39, 0.29) is 26.1 Å². The smallest absolute Gasteiger partial charge is 0.396 e. The number of ether oxygens (including phenoxy) is 3.